The molecule has 0 unspecified atom stereocenters. The highest BCUT2D eigenvalue weighted by atomic mass is 79.9. The van der Waals surface area contributed by atoms with E-state index in [-0.39, 0.29) is 12.4 Å². The summed E-state index contributed by atoms with van der Waals surface area (Å²) >= 11 is 3.81. The fourth-order valence-corrected chi connectivity index (χ4v) is 5.71. The van der Waals surface area contributed by atoms with Crippen LogP contribution in [0.4, 0.5) is 0 Å². The lowest BCUT2D eigenvalue weighted by Crippen LogP contribution is -2.10. The van der Waals surface area contributed by atoms with Crippen molar-refractivity contribution in [3.05, 3.63) is 51.4 Å². The van der Waals surface area contributed by atoms with E-state index < -0.39 is 0 Å². The van der Waals surface area contributed by atoms with E-state index in [4.69, 9.17) is 10.1 Å². The van der Waals surface area contributed by atoms with Crippen LogP contribution in [-0.4, -0.2) is 19.2 Å². The van der Waals surface area contributed by atoms with E-state index in [9.17, 15) is 0 Å². The Labute approximate surface area is 199 Å². The van der Waals surface area contributed by atoms with Gasteiger partial charge in [-0.15, -0.1) is 12.4 Å². The van der Waals surface area contributed by atoms with Crippen molar-refractivity contribution in [1.29, 1.82) is 0 Å². The lowest BCUT2D eigenvalue weighted by Gasteiger charge is -2.19. The average Bonchev–Trinajstić information content (AvgIpc) is 3.24. The molecule has 0 bridgehead atoms. The van der Waals surface area contributed by atoms with Gasteiger partial charge in [0.05, 0.1) is 17.0 Å². The summed E-state index contributed by atoms with van der Waals surface area (Å²) < 4.78 is 5.62. The van der Waals surface area contributed by atoms with Gasteiger partial charge in [0.1, 0.15) is 5.65 Å². The fraction of sp³-hybridized carbons (Fsp3) is 0.440. The lowest BCUT2D eigenvalue weighted by molar-refractivity contribution is 0.434. The van der Waals surface area contributed by atoms with Gasteiger partial charge < -0.3 is 4.57 Å². The molecule has 0 aliphatic carbocycles. The molecule has 166 valence electrons. The van der Waals surface area contributed by atoms with Crippen LogP contribution in [0.25, 0.3) is 27.8 Å². The van der Waals surface area contributed by atoms with E-state index in [0.29, 0.717) is 6.04 Å². The molecule has 4 nitrogen and oxygen atoms in total. The van der Waals surface area contributed by atoms with E-state index in [1.54, 1.807) is 0 Å². The third kappa shape index (κ3) is 4.03. The van der Waals surface area contributed by atoms with Crippen LogP contribution in [0.5, 0.6) is 0 Å². The van der Waals surface area contributed by atoms with Crippen LogP contribution in [0.2, 0.25) is 0 Å². The molecule has 0 atom stereocenters. The highest BCUT2D eigenvalue weighted by molar-refractivity contribution is 9.10. The third-order valence-electron chi connectivity index (χ3n) is 6.11. The Morgan fingerprint density at radius 2 is 1.65 bits per heavy atom. The number of aromatic nitrogens is 4. The van der Waals surface area contributed by atoms with Crippen molar-refractivity contribution >= 4 is 45.0 Å². The molecule has 4 aromatic rings. The summed E-state index contributed by atoms with van der Waals surface area (Å²) in [6, 6.07) is 7.11. The van der Waals surface area contributed by atoms with Crippen molar-refractivity contribution in [3.63, 3.8) is 0 Å². The Bertz CT molecular complexity index is 1210. The normalized spacial score (nSPS) is 11.6. The van der Waals surface area contributed by atoms with Gasteiger partial charge in [0, 0.05) is 27.7 Å². The third-order valence-corrected chi connectivity index (χ3v) is 6.73. The predicted octanol–water partition coefficient (Wildman–Crippen LogP) is 7.91. The highest BCUT2D eigenvalue weighted by Gasteiger charge is 2.23. The fourth-order valence-electron chi connectivity index (χ4n) is 4.84. The highest BCUT2D eigenvalue weighted by Crippen LogP contribution is 2.38. The van der Waals surface area contributed by atoms with Gasteiger partial charge in [0.15, 0.2) is 5.65 Å². The van der Waals surface area contributed by atoms with Gasteiger partial charge in [-0.25, -0.2) is 4.98 Å². The smallest absolute Gasteiger partial charge is 0.165 e. The standard InChI is InChI=1S/C25H31BrN4.ClH/c1-7-9-19(10-8-2)29-12-11-20-17(5)27-24-23(18(6)28-30(24)25(20)29)22-16(4)13-15(3)14-21(22)26;/h11-14,19H,7-10H2,1-6H3;1H. The van der Waals surface area contributed by atoms with Crippen molar-refractivity contribution in [1.82, 2.24) is 19.2 Å². The van der Waals surface area contributed by atoms with Crippen LogP contribution in [0.1, 0.15) is 68.1 Å². The van der Waals surface area contributed by atoms with Gasteiger partial charge >= 0.3 is 0 Å². The second-order valence-electron chi connectivity index (χ2n) is 8.52. The molecule has 0 amide bonds. The zero-order chi connectivity index (χ0) is 21.6. The van der Waals surface area contributed by atoms with Crippen LogP contribution >= 0.6 is 28.3 Å². The van der Waals surface area contributed by atoms with Gasteiger partial charge in [0.25, 0.3) is 0 Å². The molecule has 0 radical (unpaired) electrons. The predicted molar refractivity (Wildman–Crippen MR) is 137 cm³/mol. The molecule has 0 spiro atoms. The molecule has 0 aliphatic heterocycles. The lowest BCUT2D eigenvalue weighted by atomic mass is 9.99. The molecule has 1 aromatic carbocycles. The minimum atomic E-state index is 0. The minimum Gasteiger partial charge on any atom is -0.329 e. The first kappa shape index (κ1) is 23.8. The van der Waals surface area contributed by atoms with Crippen LogP contribution in [0, 0.1) is 27.7 Å². The molecule has 3 heterocycles. The van der Waals surface area contributed by atoms with E-state index in [1.165, 1.54) is 53.4 Å². The molecule has 6 heteroatoms. The molecule has 0 saturated carbocycles. The SMILES string of the molecule is CCCC(CCC)n1ccc2c(C)nc3c(-c4c(C)cc(C)cc4Br)c(C)nn3c21.Cl. The second kappa shape index (κ2) is 9.33. The van der Waals surface area contributed by atoms with Crippen LogP contribution in [-0.2, 0) is 0 Å². The first-order chi connectivity index (χ1) is 14.4. The van der Waals surface area contributed by atoms with E-state index >= 15 is 0 Å². The minimum absolute atomic E-state index is 0. The van der Waals surface area contributed by atoms with Crippen LogP contribution < -0.4 is 0 Å². The van der Waals surface area contributed by atoms with E-state index in [2.05, 4.69) is 91.0 Å². The summed E-state index contributed by atoms with van der Waals surface area (Å²) in [7, 11) is 0. The van der Waals surface area contributed by atoms with Gasteiger partial charge in [-0.1, -0.05) is 48.7 Å². The molecule has 0 saturated heterocycles. The summed E-state index contributed by atoms with van der Waals surface area (Å²) in [5, 5.41) is 6.20. The number of benzene rings is 1. The van der Waals surface area contributed by atoms with Crippen molar-refractivity contribution < 1.29 is 0 Å². The maximum Gasteiger partial charge on any atom is 0.165 e. The van der Waals surface area contributed by atoms with Crippen molar-refractivity contribution in [3.8, 4) is 11.1 Å². The van der Waals surface area contributed by atoms with Crippen LogP contribution in [0.3, 0.4) is 0 Å². The first-order valence-electron chi connectivity index (χ1n) is 11.0. The van der Waals surface area contributed by atoms with Gasteiger partial charge in [0.2, 0.25) is 0 Å². The van der Waals surface area contributed by atoms with Crippen molar-refractivity contribution in [2.75, 3.05) is 0 Å². The van der Waals surface area contributed by atoms with E-state index in [0.717, 1.165) is 27.1 Å². The molecule has 31 heavy (non-hydrogen) atoms. The molecule has 0 N–H and O–H groups in total. The number of aryl methyl sites for hydroxylation is 4. The Kier molecular flexibility index (Phi) is 7.17. The van der Waals surface area contributed by atoms with E-state index in [1.807, 2.05) is 0 Å². The van der Waals surface area contributed by atoms with Crippen LogP contribution in [0.15, 0.2) is 28.9 Å². The Hall–Kier alpha value is -1.85. The Morgan fingerprint density at radius 3 is 2.26 bits per heavy atom. The van der Waals surface area contributed by atoms with Gasteiger partial charge in [-0.3, -0.25) is 0 Å². The number of rotatable bonds is 6. The second-order valence-corrected chi connectivity index (χ2v) is 9.38. The molecular weight excluding hydrogens is 472 g/mol. The zero-order valence-corrected chi connectivity index (χ0v) is 21.7. The number of nitrogens with zero attached hydrogens (tertiary/aromatic N) is 4. The Balaban J connectivity index is 0.00000272. The maximum absolute atomic E-state index is 5.04. The molecule has 4 rings (SSSR count). The molecule has 0 aliphatic rings. The number of halogens is 2. The quantitative estimate of drug-likeness (QED) is 0.268. The largest absolute Gasteiger partial charge is 0.329 e. The molecular formula is C25H32BrClN4. The summed E-state index contributed by atoms with van der Waals surface area (Å²) in [5.41, 5.74) is 8.99. The maximum atomic E-state index is 5.04. The summed E-state index contributed by atoms with van der Waals surface area (Å²) in [5.74, 6) is 0. The average molecular weight is 504 g/mol. The molecule has 3 aromatic heterocycles. The zero-order valence-electron chi connectivity index (χ0n) is 19.3. The van der Waals surface area contributed by atoms with Gasteiger partial charge in [-0.05, 0) is 63.8 Å². The first-order valence-corrected chi connectivity index (χ1v) is 11.8. The number of hydrogen-bond donors (Lipinski definition) is 0. The van der Waals surface area contributed by atoms with Gasteiger partial charge in [-0.2, -0.15) is 9.61 Å². The monoisotopic (exact) mass is 502 g/mol. The van der Waals surface area contributed by atoms with Crippen molar-refractivity contribution in [2.45, 2.75) is 73.3 Å². The number of hydrogen-bond acceptors (Lipinski definition) is 2. The topological polar surface area (TPSA) is 35.1 Å². The summed E-state index contributed by atoms with van der Waals surface area (Å²) in [6.07, 6.45) is 6.94. The number of fused-ring (bicyclic) bond motifs is 3. The Morgan fingerprint density at radius 1 is 0.968 bits per heavy atom. The van der Waals surface area contributed by atoms with Crippen molar-refractivity contribution in [2.24, 2.45) is 0 Å². The summed E-state index contributed by atoms with van der Waals surface area (Å²) in [6.45, 7) is 13.0. The summed E-state index contributed by atoms with van der Waals surface area (Å²) in [4.78, 5) is 5.04. The molecule has 0 fully saturated rings.